The molecule has 0 aromatic carbocycles. The summed E-state index contributed by atoms with van der Waals surface area (Å²) in [5, 5.41) is 0. The third kappa shape index (κ3) is 54.6. The lowest BCUT2D eigenvalue weighted by atomic mass is 10.1. The minimum atomic E-state index is -0.808. The molecule has 0 rings (SSSR count). The zero-order valence-corrected chi connectivity index (χ0v) is 44.5. The Morgan fingerprint density at radius 1 is 0.304 bits per heavy atom. The lowest BCUT2D eigenvalue weighted by Gasteiger charge is -2.18. The van der Waals surface area contributed by atoms with Crippen LogP contribution in [0, 0.1) is 0 Å². The van der Waals surface area contributed by atoms with Crippen LogP contribution in [0.3, 0.4) is 0 Å². The van der Waals surface area contributed by atoms with E-state index in [2.05, 4.69) is 142 Å². The van der Waals surface area contributed by atoms with E-state index >= 15 is 0 Å². The van der Waals surface area contributed by atoms with E-state index in [9.17, 15) is 14.4 Å². The first-order valence-electron chi connectivity index (χ1n) is 28.0. The Labute approximate surface area is 424 Å². The van der Waals surface area contributed by atoms with Crippen molar-refractivity contribution in [2.75, 3.05) is 13.2 Å². The zero-order valence-electron chi connectivity index (χ0n) is 44.5. The molecule has 0 aromatic rings. The highest BCUT2D eigenvalue weighted by Gasteiger charge is 2.19. The molecule has 390 valence electrons. The summed E-state index contributed by atoms with van der Waals surface area (Å²) < 4.78 is 16.8. The largest absolute Gasteiger partial charge is 0.462 e. The summed E-state index contributed by atoms with van der Waals surface area (Å²) in [6.45, 7) is 6.33. The fourth-order valence-corrected chi connectivity index (χ4v) is 7.28. The standard InChI is InChI=1S/C63H102O6/c1-4-7-10-13-16-19-22-25-28-30-31-33-35-38-41-44-47-50-53-56-62(65)68-59-60(58-67-61(64)55-52-49-46-43-40-37-34-27-24-21-18-15-12-9-6-3)69-63(66)57-54-51-48-45-42-39-36-32-29-26-23-20-17-14-11-8-5-2/h8-9,11-12,16-21,25-29,31,33-34,36,39,60H,4-7,10,13-15,22-24,30,32,35,37-38,40-59H2,1-3H3/b11-8-,12-9-,19-16-,20-17-,21-18-,28-25-,29-26-,33-31-,34-27-,39-36-. The van der Waals surface area contributed by atoms with E-state index in [1.54, 1.807) is 0 Å². The van der Waals surface area contributed by atoms with Gasteiger partial charge in [-0.25, -0.2) is 0 Å². The number of ether oxygens (including phenoxy) is 3. The van der Waals surface area contributed by atoms with Gasteiger partial charge < -0.3 is 14.2 Å². The first kappa shape index (κ1) is 64.8. The average Bonchev–Trinajstić information content (AvgIpc) is 3.35. The van der Waals surface area contributed by atoms with Crippen LogP contribution in [0.1, 0.15) is 239 Å². The molecule has 0 heterocycles. The van der Waals surface area contributed by atoms with E-state index in [4.69, 9.17) is 14.2 Å². The van der Waals surface area contributed by atoms with Crippen molar-refractivity contribution in [1.29, 1.82) is 0 Å². The quantitative estimate of drug-likeness (QED) is 0.0262. The molecule has 1 unspecified atom stereocenters. The fraction of sp³-hybridized carbons (Fsp3) is 0.635. The van der Waals surface area contributed by atoms with Gasteiger partial charge in [-0.1, -0.05) is 213 Å². The molecule has 0 aromatic heterocycles. The monoisotopic (exact) mass is 955 g/mol. The van der Waals surface area contributed by atoms with Crippen LogP contribution >= 0.6 is 0 Å². The van der Waals surface area contributed by atoms with Crippen LogP contribution in [0.25, 0.3) is 0 Å². The molecule has 69 heavy (non-hydrogen) atoms. The SMILES string of the molecule is CC/C=C\C/C=C\C/C=C\C/C=C\CCCCCCC(=O)OC(COC(=O)CCCCCCC/C=C\C/C=C\C/C=C\CC)COC(=O)CCCCCCCC/C=C\C/C=C\C/C=C\CCCCC. The summed E-state index contributed by atoms with van der Waals surface area (Å²) in [6.07, 6.45) is 77.5. The Morgan fingerprint density at radius 3 is 0.884 bits per heavy atom. The van der Waals surface area contributed by atoms with Crippen LogP contribution < -0.4 is 0 Å². The van der Waals surface area contributed by atoms with Crippen molar-refractivity contribution in [3.8, 4) is 0 Å². The number of carbonyl (C=O) groups is 3. The van der Waals surface area contributed by atoms with Gasteiger partial charge in [0.1, 0.15) is 13.2 Å². The van der Waals surface area contributed by atoms with Gasteiger partial charge in [-0.15, -0.1) is 0 Å². The Bertz CT molecular complexity index is 1470. The lowest BCUT2D eigenvalue weighted by Crippen LogP contribution is -2.30. The predicted molar refractivity (Wildman–Crippen MR) is 297 cm³/mol. The van der Waals surface area contributed by atoms with Crippen LogP contribution in [-0.2, 0) is 28.6 Å². The van der Waals surface area contributed by atoms with E-state index in [0.717, 1.165) is 161 Å². The molecule has 0 amide bonds. The Morgan fingerprint density at radius 2 is 0.565 bits per heavy atom. The molecule has 0 radical (unpaired) electrons. The van der Waals surface area contributed by atoms with E-state index in [0.29, 0.717) is 12.8 Å². The molecule has 0 aliphatic carbocycles. The summed E-state index contributed by atoms with van der Waals surface area (Å²) in [5.41, 5.74) is 0. The van der Waals surface area contributed by atoms with Crippen molar-refractivity contribution in [3.63, 3.8) is 0 Å². The normalized spacial score (nSPS) is 13.0. The number of carbonyl (C=O) groups excluding carboxylic acids is 3. The molecule has 0 aliphatic rings. The van der Waals surface area contributed by atoms with Crippen molar-refractivity contribution < 1.29 is 28.6 Å². The van der Waals surface area contributed by atoms with Crippen molar-refractivity contribution in [3.05, 3.63) is 122 Å². The summed E-state index contributed by atoms with van der Waals surface area (Å²) in [4.78, 5) is 38.1. The summed E-state index contributed by atoms with van der Waals surface area (Å²) in [7, 11) is 0. The highest BCUT2D eigenvalue weighted by molar-refractivity contribution is 5.71. The van der Waals surface area contributed by atoms with E-state index < -0.39 is 6.10 Å². The third-order valence-electron chi connectivity index (χ3n) is 11.4. The minimum absolute atomic E-state index is 0.104. The second kappa shape index (κ2) is 56.4. The van der Waals surface area contributed by atoms with Crippen molar-refractivity contribution >= 4 is 17.9 Å². The van der Waals surface area contributed by atoms with Crippen LogP contribution in [0.2, 0.25) is 0 Å². The molecule has 0 bridgehead atoms. The van der Waals surface area contributed by atoms with Crippen molar-refractivity contribution in [1.82, 2.24) is 0 Å². The predicted octanol–water partition coefficient (Wildman–Crippen LogP) is 18.9. The Hall–Kier alpha value is -4.19. The van der Waals surface area contributed by atoms with Gasteiger partial charge in [-0.3, -0.25) is 14.4 Å². The molecule has 0 saturated carbocycles. The Kier molecular flexibility index (Phi) is 53.0. The summed E-state index contributed by atoms with van der Waals surface area (Å²) in [5.74, 6) is -0.960. The van der Waals surface area contributed by atoms with Gasteiger partial charge in [0.15, 0.2) is 6.10 Å². The van der Waals surface area contributed by atoms with E-state index in [1.807, 2.05) is 0 Å². The van der Waals surface area contributed by atoms with Crippen LogP contribution in [0.4, 0.5) is 0 Å². The molecule has 0 spiro atoms. The summed E-state index contributed by atoms with van der Waals surface area (Å²) >= 11 is 0. The first-order chi connectivity index (χ1) is 34.0. The molecule has 6 heteroatoms. The van der Waals surface area contributed by atoms with Crippen LogP contribution in [0.15, 0.2) is 122 Å². The summed E-state index contributed by atoms with van der Waals surface area (Å²) in [6, 6.07) is 0. The Balaban J connectivity index is 4.50. The molecule has 0 fully saturated rings. The molecule has 0 aliphatic heterocycles. The highest BCUT2D eigenvalue weighted by Crippen LogP contribution is 2.13. The molecular weight excluding hydrogens is 853 g/mol. The fourth-order valence-electron chi connectivity index (χ4n) is 7.28. The van der Waals surface area contributed by atoms with Gasteiger partial charge >= 0.3 is 17.9 Å². The van der Waals surface area contributed by atoms with Crippen molar-refractivity contribution in [2.45, 2.75) is 245 Å². The van der Waals surface area contributed by atoms with Gasteiger partial charge in [-0.2, -0.15) is 0 Å². The van der Waals surface area contributed by atoms with Crippen LogP contribution in [-0.4, -0.2) is 37.2 Å². The third-order valence-corrected chi connectivity index (χ3v) is 11.4. The molecule has 1 atom stereocenters. The van der Waals surface area contributed by atoms with Gasteiger partial charge in [-0.05, 0) is 128 Å². The van der Waals surface area contributed by atoms with Gasteiger partial charge in [0.25, 0.3) is 0 Å². The zero-order chi connectivity index (χ0) is 50.0. The maximum atomic E-state index is 12.8. The molecule has 0 N–H and O–H groups in total. The maximum absolute atomic E-state index is 12.8. The second-order valence-corrected chi connectivity index (χ2v) is 18.1. The molecule has 0 saturated heterocycles. The van der Waals surface area contributed by atoms with Gasteiger partial charge in [0.05, 0.1) is 0 Å². The van der Waals surface area contributed by atoms with Gasteiger partial charge in [0, 0.05) is 19.3 Å². The highest BCUT2D eigenvalue weighted by atomic mass is 16.6. The number of hydrogen-bond donors (Lipinski definition) is 0. The topological polar surface area (TPSA) is 78.9 Å². The van der Waals surface area contributed by atoms with Crippen molar-refractivity contribution in [2.24, 2.45) is 0 Å². The number of esters is 3. The van der Waals surface area contributed by atoms with Gasteiger partial charge in [0.2, 0.25) is 0 Å². The lowest BCUT2D eigenvalue weighted by molar-refractivity contribution is -0.167. The first-order valence-corrected chi connectivity index (χ1v) is 28.0. The number of unbranched alkanes of at least 4 members (excludes halogenated alkanes) is 18. The number of hydrogen-bond acceptors (Lipinski definition) is 6. The average molecular weight is 956 g/mol. The molecular formula is C63H102O6. The maximum Gasteiger partial charge on any atom is 0.306 e. The smallest absolute Gasteiger partial charge is 0.306 e. The van der Waals surface area contributed by atoms with Crippen LogP contribution in [0.5, 0.6) is 0 Å². The number of rotatable bonds is 49. The van der Waals surface area contributed by atoms with E-state index in [1.165, 1.54) is 38.5 Å². The second-order valence-electron chi connectivity index (χ2n) is 18.1. The minimum Gasteiger partial charge on any atom is -0.462 e. The van der Waals surface area contributed by atoms with E-state index in [-0.39, 0.29) is 37.5 Å². The number of allylic oxidation sites excluding steroid dienone is 20. The molecule has 6 nitrogen and oxygen atoms in total.